The van der Waals surface area contributed by atoms with E-state index in [0.29, 0.717) is 42.1 Å². The van der Waals surface area contributed by atoms with Crippen molar-refractivity contribution in [2.45, 2.75) is 116 Å². The molecule has 4 aromatic carbocycles. The van der Waals surface area contributed by atoms with Gasteiger partial charge in [0.05, 0.1) is 29.6 Å². The number of para-hydroxylation sites is 2. The third-order valence-corrected chi connectivity index (χ3v) is 16.1. The second-order valence-corrected chi connectivity index (χ2v) is 24.5. The molecule has 0 radical (unpaired) electrons. The Morgan fingerprint density at radius 2 is 1.51 bits per heavy atom. The molecule has 0 spiro atoms. The van der Waals surface area contributed by atoms with Gasteiger partial charge in [-0.1, -0.05) is 81.8 Å². The zero-order valence-corrected chi connectivity index (χ0v) is 51.7. The summed E-state index contributed by atoms with van der Waals surface area (Å²) in [5, 5.41) is 16.2. The van der Waals surface area contributed by atoms with Gasteiger partial charge < -0.3 is 31.1 Å². The van der Waals surface area contributed by atoms with Crippen molar-refractivity contribution in [1.82, 2.24) is 25.3 Å². The van der Waals surface area contributed by atoms with Gasteiger partial charge in [0.15, 0.2) is 16.9 Å². The zero-order valence-electron chi connectivity index (χ0n) is 49.2. The van der Waals surface area contributed by atoms with Gasteiger partial charge in [-0.2, -0.15) is 18.0 Å². The molecule has 9 rings (SSSR count). The molecule has 23 nitrogen and oxygen atoms in total. The standard InChI is InChI=1S/C62H69N9O8S.2O3S/c1-6-7-12-34-70-50-20-10-8-18-47(50)61(2,3)52(70)32-26-41-16-15-17-42(27-33-53-62(4,5)48-19-9-11-21-51(48)71(53)35-13-14-36-80(76,77)78)55(41)79-46-30-22-40(23-31-46)37-49(59(74)75)67-57(72)43-24-28-44(29-25-43)64-38-45-39-65-56-54(66-45)58(73)69-60(63)68-56;2*1-4(2)3/h8-11,18-33,39,49H,6-7,12-17,34-38H2,1-5H3,(H6-,63,64,65,67,68,69,72,73,74,75,76,77,78);;/p+1/t49-;;/m0../s1. The Morgan fingerprint density at radius 3 is 2.18 bits per heavy atom. The summed E-state index contributed by atoms with van der Waals surface area (Å²) >= 11 is 0. The smallest absolute Gasteiger partial charge is 0.425 e. The number of carboxylic acids is 1. The number of carbonyl (C=O) groups excluding carboxylic acids is 1. The van der Waals surface area contributed by atoms with E-state index in [-0.39, 0.29) is 52.2 Å². The summed E-state index contributed by atoms with van der Waals surface area (Å²) in [5.41, 5.74) is 15.9. The van der Waals surface area contributed by atoms with Crippen molar-refractivity contribution < 1.29 is 62.2 Å². The number of aliphatic carboxylic acids is 1. The lowest BCUT2D eigenvalue weighted by Crippen LogP contribution is -2.42. The maximum absolute atomic E-state index is 13.5. The third kappa shape index (κ3) is 17.4. The average molecular weight is 1260 g/mol. The van der Waals surface area contributed by atoms with Gasteiger partial charge in [-0.05, 0) is 129 Å². The predicted molar refractivity (Wildman–Crippen MR) is 333 cm³/mol. The van der Waals surface area contributed by atoms with E-state index in [1.165, 1.54) is 28.7 Å². The van der Waals surface area contributed by atoms with Crippen LogP contribution < -0.4 is 31.6 Å². The fourth-order valence-corrected chi connectivity index (χ4v) is 11.6. The molecule has 0 fully saturated rings. The van der Waals surface area contributed by atoms with E-state index < -0.39 is 54.8 Å². The molecular formula is C62H70N9O14S3+. The van der Waals surface area contributed by atoms with E-state index >= 15 is 0 Å². The monoisotopic (exact) mass is 1260 g/mol. The first-order valence-corrected chi connectivity index (χ1v) is 32.0. The number of benzene rings is 4. The van der Waals surface area contributed by atoms with Gasteiger partial charge in [-0.25, -0.2) is 14.8 Å². The number of hydrogen-bond acceptors (Lipinski definition) is 18. The van der Waals surface area contributed by atoms with Crippen LogP contribution >= 0.6 is 0 Å². The van der Waals surface area contributed by atoms with Crippen molar-refractivity contribution in [3.63, 3.8) is 0 Å². The lowest BCUT2D eigenvalue weighted by molar-refractivity contribution is -0.438. The number of nitrogens with one attached hydrogen (secondary N) is 3. The highest BCUT2D eigenvalue weighted by Crippen LogP contribution is 2.48. The summed E-state index contributed by atoms with van der Waals surface area (Å²) < 4.78 is 92.9. The van der Waals surface area contributed by atoms with Crippen molar-refractivity contribution in [1.29, 1.82) is 0 Å². The molecule has 0 saturated carbocycles. The van der Waals surface area contributed by atoms with Crippen LogP contribution in [-0.4, -0.2) is 110 Å². The summed E-state index contributed by atoms with van der Waals surface area (Å²) in [6, 6.07) is 29.6. The number of aromatic amines is 1. The average Bonchev–Trinajstić information content (AvgIpc) is 2.59. The van der Waals surface area contributed by atoms with Crippen LogP contribution in [0, 0.1) is 0 Å². The predicted octanol–water partition coefficient (Wildman–Crippen LogP) is 8.24. The molecule has 464 valence electrons. The van der Waals surface area contributed by atoms with Crippen LogP contribution in [0.2, 0.25) is 0 Å². The first-order valence-electron chi connectivity index (χ1n) is 28.4. The Balaban J connectivity index is 0.00000130. The minimum atomic E-state index is -4.08. The fraction of sp³-hybridized carbons (Fsp3) is 0.339. The Hall–Kier alpha value is -8.98. The number of nitrogens with two attached hydrogens (primary N) is 1. The Morgan fingerprint density at radius 1 is 0.841 bits per heavy atom. The molecule has 4 heterocycles. The van der Waals surface area contributed by atoms with Crippen molar-refractivity contribution >= 4 is 83.1 Å². The van der Waals surface area contributed by atoms with Crippen molar-refractivity contribution in [2.75, 3.05) is 34.8 Å². The van der Waals surface area contributed by atoms with Crippen molar-refractivity contribution in [2.24, 2.45) is 0 Å². The number of nitrogens with zero attached hydrogens (tertiary/aromatic N) is 5. The highest BCUT2D eigenvalue weighted by molar-refractivity contribution is 7.85. The minimum absolute atomic E-state index is 0.0180. The number of anilines is 3. The van der Waals surface area contributed by atoms with Crippen LogP contribution in [0.3, 0.4) is 0 Å². The molecule has 6 aromatic rings. The van der Waals surface area contributed by atoms with Crippen LogP contribution in [0.5, 0.6) is 5.75 Å². The summed E-state index contributed by atoms with van der Waals surface area (Å²) in [4.78, 5) is 55.6. The summed E-state index contributed by atoms with van der Waals surface area (Å²) in [5.74, 6) is -0.762. The van der Waals surface area contributed by atoms with Crippen LogP contribution in [0.25, 0.3) is 11.2 Å². The highest BCUT2D eigenvalue weighted by Gasteiger charge is 2.44. The SMILES string of the molecule is CCCCC[N+]1=C(/C=C/C2=C(Oc3ccc(C[C@H](NC(=O)c4ccc(NCc5cnc6nc(N)[nH]c(=O)c6n5)cc4)C(=O)O)cc3)C(=C/C=C3/N(CCCCS(=O)(=O)O)c4ccccc4C3(C)C)/CCC2)C(C)(C)c2ccccc21.O=S(=O)=O.O=S(=O)=O. The normalized spacial score (nSPS) is 16.1. The number of aromatic nitrogens is 4. The number of nitrogen functional groups attached to an aromatic ring is 1. The quantitative estimate of drug-likeness (QED) is 0.0212. The number of hydrogen-bond donors (Lipinski definition) is 6. The molecule has 1 amide bonds. The second kappa shape index (κ2) is 29.6. The lowest BCUT2D eigenvalue weighted by Gasteiger charge is -2.27. The number of carbonyl (C=O) groups is 2. The topological polar surface area (TPSA) is 348 Å². The molecule has 88 heavy (non-hydrogen) atoms. The van der Waals surface area contributed by atoms with Gasteiger partial charge in [0.1, 0.15) is 24.1 Å². The molecule has 0 unspecified atom stereocenters. The molecular weight excluding hydrogens is 1190 g/mol. The molecule has 1 aliphatic carbocycles. The lowest BCUT2D eigenvalue weighted by atomic mass is 9.81. The van der Waals surface area contributed by atoms with Crippen LogP contribution in [0.4, 0.5) is 23.0 Å². The Bertz CT molecular complexity index is 4120. The molecule has 0 saturated heterocycles. The number of fused-ring (bicyclic) bond motifs is 3. The van der Waals surface area contributed by atoms with Crippen LogP contribution in [-0.2, 0) is 59.9 Å². The van der Waals surface area contributed by atoms with Gasteiger partial charge in [-0.15, -0.1) is 25.3 Å². The summed E-state index contributed by atoms with van der Waals surface area (Å²) in [6.45, 7) is 12.9. The van der Waals surface area contributed by atoms with Gasteiger partial charge in [-0.3, -0.25) is 19.1 Å². The van der Waals surface area contributed by atoms with E-state index in [4.69, 9.17) is 35.7 Å². The zero-order chi connectivity index (χ0) is 63.9. The van der Waals surface area contributed by atoms with E-state index in [0.717, 1.165) is 73.4 Å². The van der Waals surface area contributed by atoms with Crippen LogP contribution in [0.15, 0.2) is 155 Å². The molecule has 26 heteroatoms. The van der Waals surface area contributed by atoms with Crippen molar-refractivity contribution in [3.8, 4) is 5.75 Å². The maximum Gasteiger partial charge on any atom is 0.425 e. The number of ether oxygens (including phenoxy) is 1. The molecule has 2 aromatic heterocycles. The van der Waals surface area contributed by atoms with Gasteiger partial charge >= 0.3 is 27.2 Å². The highest BCUT2D eigenvalue weighted by atomic mass is 32.2. The van der Waals surface area contributed by atoms with E-state index in [1.807, 2.05) is 36.4 Å². The largest absolute Gasteiger partial charge is 0.480 e. The number of carboxylic acid groups (broad SMARTS) is 1. The van der Waals surface area contributed by atoms with Gasteiger partial charge in [0.2, 0.25) is 11.6 Å². The van der Waals surface area contributed by atoms with Crippen molar-refractivity contribution in [3.05, 3.63) is 188 Å². The summed E-state index contributed by atoms with van der Waals surface area (Å²) in [6.07, 6.45) is 17.0. The Kier molecular flexibility index (Phi) is 22.4. The minimum Gasteiger partial charge on any atom is -0.480 e. The first kappa shape index (κ1) is 66.5. The van der Waals surface area contributed by atoms with E-state index in [1.54, 1.807) is 24.3 Å². The molecule has 3 aliphatic rings. The Labute approximate surface area is 512 Å². The number of amides is 1. The van der Waals surface area contributed by atoms with Crippen LogP contribution in [0.1, 0.15) is 119 Å². The number of H-pyrrole nitrogens is 1. The van der Waals surface area contributed by atoms with Gasteiger partial charge in [0, 0.05) is 65.1 Å². The van der Waals surface area contributed by atoms with Gasteiger partial charge in [0.25, 0.3) is 21.6 Å². The first-order chi connectivity index (χ1) is 41.8. The fourth-order valence-electron chi connectivity index (χ4n) is 11.0. The second-order valence-electron chi connectivity index (χ2n) is 22.1. The number of allylic oxidation sites excluding steroid dienone is 7. The number of unbranched alkanes of at least 4 members (excludes halogenated alkanes) is 3. The number of rotatable bonds is 22. The molecule has 1 atom stereocenters. The molecule has 2 aliphatic heterocycles. The molecule has 0 bridgehead atoms. The third-order valence-electron chi connectivity index (χ3n) is 15.3. The molecule has 7 N–H and O–H groups in total. The summed E-state index contributed by atoms with van der Waals surface area (Å²) in [7, 11) is -10.3. The van der Waals surface area contributed by atoms with E-state index in [9.17, 15) is 32.5 Å². The van der Waals surface area contributed by atoms with E-state index in [2.05, 4.69) is 135 Å². The maximum atomic E-state index is 13.5.